The molecule has 0 aliphatic carbocycles. The van der Waals surface area contributed by atoms with E-state index in [0.29, 0.717) is 41.0 Å². The van der Waals surface area contributed by atoms with Gasteiger partial charge in [-0.25, -0.2) is 0 Å². The predicted molar refractivity (Wildman–Crippen MR) is 129 cm³/mol. The molecule has 0 saturated carbocycles. The van der Waals surface area contributed by atoms with Gasteiger partial charge in [-0.15, -0.1) is 0 Å². The summed E-state index contributed by atoms with van der Waals surface area (Å²) in [7, 11) is 3.08. The van der Waals surface area contributed by atoms with E-state index >= 15 is 0 Å². The highest BCUT2D eigenvalue weighted by Gasteiger charge is 2.17. The van der Waals surface area contributed by atoms with Crippen molar-refractivity contribution in [1.29, 1.82) is 0 Å². The topological polar surface area (TPSA) is 76.0 Å². The number of methoxy groups -OCH3 is 2. The Balaban J connectivity index is 2.40. The van der Waals surface area contributed by atoms with E-state index < -0.39 is 0 Å². The molecule has 0 radical (unpaired) electrons. The fourth-order valence-electron chi connectivity index (χ4n) is 3.23. The lowest BCUT2D eigenvalue weighted by molar-refractivity contribution is 0.104. The lowest BCUT2D eigenvalue weighted by Gasteiger charge is -2.12. The molecule has 0 aromatic heterocycles. The summed E-state index contributed by atoms with van der Waals surface area (Å²) < 4.78 is 10.7. The van der Waals surface area contributed by atoms with Gasteiger partial charge in [-0.1, -0.05) is 23.3 Å². The summed E-state index contributed by atoms with van der Waals surface area (Å²) in [5.74, 6) is 0.705. The lowest BCUT2D eigenvalue weighted by atomic mass is 9.99. The maximum atomic E-state index is 12.8. The van der Waals surface area contributed by atoms with Crippen molar-refractivity contribution in [1.82, 2.24) is 0 Å². The second-order valence-electron chi connectivity index (χ2n) is 8.00. The number of hydrogen-bond acceptors (Lipinski definition) is 5. The molecule has 0 heterocycles. The van der Waals surface area contributed by atoms with Gasteiger partial charge in [0.15, 0.2) is 5.78 Å². The van der Waals surface area contributed by atoms with E-state index in [4.69, 9.17) is 9.47 Å². The summed E-state index contributed by atoms with van der Waals surface area (Å²) in [6.45, 7) is 7.90. The summed E-state index contributed by atoms with van der Waals surface area (Å²) in [6, 6.07) is 6.68. The summed E-state index contributed by atoms with van der Waals surface area (Å²) in [6.07, 6.45) is 7.82. The van der Waals surface area contributed by atoms with Crippen LogP contribution >= 0.6 is 0 Å². The van der Waals surface area contributed by atoms with Crippen LogP contribution in [0.5, 0.6) is 23.0 Å². The summed E-state index contributed by atoms with van der Waals surface area (Å²) in [5.41, 5.74) is 4.11. The van der Waals surface area contributed by atoms with Crippen LogP contribution in [-0.2, 0) is 12.8 Å². The highest BCUT2D eigenvalue weighted by molar-refractivity contribution is 6.09. The van der Waals surface area contributed by atoms with Gasteiger partial charge in [0.2, 0.25) is 0 Å². The van der Waals surface area contributed by atoms with Crippen molar-refractivity contribution in [3.8, 4) is 23.0 Å². The molecule has 0 amide bonds. The zero-order valence-electron chi connectivity index (χ0n) is 19.7. The van der Waals surface area contributed by atoms with Gasteiger partial charge in [0, 0.05) is 16.7 Å². The molecule has 32 heavy (non-hydrogen) atoms. The van der Waals surface area contributed by atoms with Crippen LogP contribution in [0.3, 0.4) is 0 Å². The number of phenolic OH excluding ortho intramolecular Hbond substituents is 2. The summed E-state index contributed by atoms with van der Waals surface area (Å²) in [4.78, 5) is 12.8. The van der Waals surface area contributed by atoms with E-state index in [1.165, 1.54) is 13.2 Å². The molecule has 2 rings (SSSR count). The molecule has 0 spiro atoms. The molecule has 0 bridgehead atoms. The van der Waals surface area contributed by atoms with Crippen molar-refractivity contribution in [2.45, 2.75) is 40.5 Å². The van der Waals surface area contributed by atoms with E-state index in [9.17, 15) is 15.0 Å². The molecule has 0 aliphatic heterocycles. The highest BCUT2D eigenvalue weighted by Crippen LogP contribution is 2.35. The Morgan fingerprint density at radius 1 is 0.812 bits per heavy atom. The standard InChI is InChI=1S/C27H32O5/c1-17(2)7-11-21-24(31-5)15-10-19(26(21)29)9-14-23(28)20-13-16-25(32-6)22(27(20)30)12-8-18(3)4/h7-10,13-16,29-30H,11-12H2,1-6H3. The Kier molecular flexibility index (Phi) is 8.71. The van der Waals surface area contributed by atoms with E-state index in [1.54, 1.807) is 37.5 Å². The third-order valence-corrected chi connectivity index (χ3v) is 5.06. The molecule has 0 saturated heterocycles. The van der Waals surface area contributed by atoms with Gasteiger partial charge in [0.1, 0.15) is 23.0 Å². The van der Waals surface area contributed by atoms with Crippen molar-refractivity contribution in [3.05, 3.63) is 75.9 Å². The first-order chi connectivity index (χ1) is 15.2. The number of carbonyl (C=O) groups excluding carboxylic acids is 1. The number of aromatic hydroxyl groups is 2. The summed E-state index contributed by atoms with van der Waals surface area (Å²) >= 11 is 0. The fraction of sp³-hybridized carbons (Fsp3) is 0.296. The van der Waals surface area contributed by atoms with Crippen molar-refractivity contribution in [2.75, 3.05) is 14.2 Å². The van der Waals surface area contributed by atoms with Gasteiger partial charge in [-0.3, -0.25) is 4.79 Å². The first-order valence-corrected chi connectivity index (χ1v) is 10.5. The van der Waals surface area contributed by atoms with E-state index in [2.05, 4.69) is 0 Å². The van der Waals surface area contributed by atoms with Crippen molar-refractivity contribution in [3.63, 3.8) is 0 Å². The van der Waals surface area contributed by atoms with Gasteiger partial charge in [-0.2, -0.15) is 0 Å². The van der Waals surface area contributed by atoms with Gasteiger partial charge in [0.05, 0.1) is 19.8 Å². The second kappa shape index (κ2) is 11.2. The quantitative estimate of drug-likeness (QED) is 0.285. The SMILES string of the molecule is COc1ccc(C=CC(=O)c2ccc(OC)c(CC=C(C)C)c2O)c(O)c1CC=C(C)C. The third kappa shape index (κ3) is 6.03. The first kappa shape index (κ1) is 24.8. The maximum absolute atomic E-state index is 12.8. The summed E-state index contributed by atoms with van der Waals surface area (Å²) in [5, 5.41) is 21.5. The van der Waals surface area contributed by atoms with Gasteiger partial charge in [-0.05, 0) is 77.0 Å². The average Bonchev–Trinajstić information content (AvgIpc) is 2.75. The first-order valence-electron chi connectivity index (χ1n) is 10.5. The minimum atomic E-state index is -0.371. The Morgan fingerprint density at radius 3 is 1.81 bits per heavy atom. The zero-order valence-corrected chi connectivity index (χ0v) is 19.7. The fourth-order valence-corrected chi connectivity index (χ4v) is 3.23. The Bertz CT molecular complexity index is 1070. The monoisotopic (exact) mass is 436 g/mol. The van der Waals surface area contributed by atoms with Crippen molar-refractivity contribution < 1.29 is 24.5 Å². The minimum absolute atomic E-state index is 0.0640. The van der Waals surface area contributed by atoms with Crippen LogP contribution in [-0.4, -0.2) is 30.2 Å². The number of benzene rings is 2. The third-order valence-electron chi connectivity index (χ3n) is 5.06. The molecule has 0 unspecified atom stereocenters. The molecule has 2 aromatic carbocycles. The molecule has 0 aliphatic rings. The number of ketones is 1. The van der Waals surface area contributed by atoms with Crippen LogP contribution in [0.1, 0.15) is 54.7 Å². The van der Waals surface area contributed by atoms with E-state index in [-0.39, 0.29) is 22.8 Å². The predicted octanol–water partition coefficient (Wildman–Crippen LogP) is 6.03. The minimum Gasteiger partial charge on any atom is -0.507 e. The number of rotatable bonds is 9. The van der Waals surface area contributed by atoms with E-state index in [1.807, 2.05) is 39.8 Å². The van der Waals surface area contributed by atoms with Crippen molar-refractivity contribution in [2.24, 2.45) is 0 Å². The molecule has 170 valence electrons. The molecule has 5 nitrogen and oxygen atoms in total. The highest BCUT2D eigenvalue weighted by atomic mass is 16.5. The molecule has 2 aromatic rings. The van der Waals surface area contributed by atoms with Crippen molar-refractivity contribution >= 4 is 11.9 Å². The van der Waals surface area contributed by atoms with Crippen LogP contribution in [0, 0.1) is 0 Å². The van der Waals surface area contributed by atoms with E-state index in [0.717, 1.165) is 11.1 Å². The zero-order chi connectivity index (χ0) is 23.8. The number of allylic oxidation sites excluding steroid dienone is 5. The lowest BCUT2D eigenvalue weighted by Crippen LogP contribution is -2.00. The Morgan fingerprint density at radius 2 is 1.31 bits per heavy atom. The number of hydrogen-bond donors (Lipinski definition) is 2. The van der Waals surface area contributed by atoms with Gasteiger partial charge >= 0.3 is 0 Å². The van der Waals surface area contributed by atoms with Crippen LogP contribution in [0.4, 0.5) is 0 Å². The van der Waals surface area contributed by atoms with Crippen LogP contribution in [0.2, 0.25) is 0 Å². The van der Waals surface area contributed by atoms with Gasteiger partial charge in [0.25, 0.3) is 0 Å². The van der Waals surface area contributed by atoms with Crippen LogP contribution in [0.25, 0.3) is 6.08 Å². The van der Waals surface area contributed by atoms with Crippen LogP contribution < -0.4 is 9.47 Å². The molecular formula is C27H32O5. The molecular weight excluding hydrogens is 404 g/mol. The molecule has 5 heteroatoms. The largest absolute Gasteiger partial charge is 0.507 e. The number of phenols is 2. The molecule has 0 fully saturated rings. The normalized spacial score (nSPS) is 10.7. The smallest absolute Gasteiger partial charge is 0.189 e. The Hall–Kier alpha value is -3.47. The Labute approximate surface area is 190 Å². The number of carbonyl (C=O) groups is 1. The van der Waals surface area contributed by atoms with Crippen LogP contribution in [0.15, 0.2) is 53.6 Å². The maximum Gasteiger partial charge on any atom is 0.189 e. The second-order valence-corrected chi connectivity index (χ2v) is 8.00. The molecule has 2 N–H and O–H groups in total. The van der Waals surface area contributed by atoms with Gasteiger partial charge < -0.3 is 19.7 Å². The molecule has 0 atom stereocenters. The number of ether oxygens (including phenoxy) is 2. The average molecular weight is 437 g/mol.